The van der Waals surface area contributed by atoms with Gasteiger partial charge in [0.25, 0.3) is 5.91 Å². The number of benzene rings is 2. The molecule has 2 aromatic carbocycles. The monoisotopic (exact) mass is 651 g/mol. The molecule has 0 saturated carbocycles. The fourth-order valence-corrected chi connectivity index (χ4v) is 6.56. The third-order valence-electron chi connectivity index (χ3n) is 8.18. The molecule has 0 bridgehead atoms. The number of likely N-dealkylation sites (N-methyl/N-ethyl adjacent to an activating group) is 2. The molecule has 250 valence electrons. The molecule has 0 fully saturated rings. The minimum absolute atomic E-state index is 0.103. The van der Waals surface area contributed by atoms with Crippen LogP contribution >= 0.6 is 0 Å². The first kappa shape index (κ1) is 38.2. The quantitative estimate of drug-likeness (QED) is 0.277. The van der Waals surface area contributed by atoms with Gasteiger partial charge in [-0.25, -0.2) is 13.1 Å². The summed E-state index contributed by atoms with van der Waals surface area (Å²) in [4.78, 5) is 42.4. The third kappa shape index (κ3) is 9.74. The molecule has 46 heavy (non-hydrogen) atoms. The van der Waals surface area contributed by atoms with Gasteiger partial charge in [-0.05, 0) is 42.5 Å². The maximum absolute atomic E-state index is 14.1. The van der Waals surface area contributed by atoms with E-state index in [9.17, 15) is 28.1 Å². The Morgan fingerprint density at radius 3 is 2.04 bits per heavy atom. The largest absolute Gasteiger partial charge is 0.342 e. The number of hydrogen-bond acceptors (Lipinski definition) is 7. The second kappa shape index (κ2) is 15.5. The Kier molecular flexibility index (Phi) is 12.9. The predicted molar refractivity (Wildman–Crippen MR) is 181 cm³/mol. The second-order valence-corrected chi connectivity index (χ2v) is 15.3. The van der Waals surface area contributed by atoms with E-state index in [-0.39, 0.29) is 34.4 Å². The first-order valence-corrected chi connectivity index (χ1v) is 16.9. The van der Waals surface area contributed by atoms with Crippen LogP contribution in [0.4, 0.5) is 0 Å². The predicted octanol–water partition coefficient (Wildman–Crippen LogP) is 4.03. The van der Waals surface area contributed by atoms with Crippen molar-refractivity contribution < 1.29 is 22.8 Å². The van der Waals surface area contributed by atoms with Crippen molar-refractivity contribution in [2.24, 2.45) is 11.3 Å². The van der Waals surface area contributed by atoms with Crippen molar-refractivity contribution >= 4 is 27.7 Å². The average Bonchev–Trinajstić information content (AvgIpc) is 2.97. The number of hydrogen-bond donors (Lipinski definition) is 3. The van der Waals surface area contributed by atoms with Gasteiger partial charge >= 0.3 is 0 Å². The van der Waals surface area contributed by atoms with Gasteiger partial charge in [-0.3, -0.25) is 14.4 Å². The third-order valence-corrected chi connectivity index (χ3v) is 9.37. The summed E-state index contributed by atoms with van der Waals surface area (Å²) in [6.45, 7) is 14.8. The zero-order valence-electron chi connectivity index (χ0n) is 28.6. The van der Waals surface area contributed by atoms with Gasteiger partial charge in [-0.1, -0.05) is 103 Å². The van der Waals surface area contributed by atoms with Crippen molar-refractivity contribution in [2.45, 2.75) is 84.7 Å². The highest BCUT2D eigenvalue weighted by molar-refractivity contribution is 7.89. The average molecular weight is 652 g/mol. The lowest BCUT2D eigenvalue weighted by Crippen LogP contribution is -2.61. The highest BCUT2D eigenvalue weighted by Crippen LogP contribution is 2.29. The number of nitrogens with one attached hydrogen (secondary N) is 3. The molecule has 0 aliphatic carbocycles. The minimum Gasteiger partial charge on any atom is -0.342 e. The normalized spacial score (nSPS) is 14.5. The lowest BCUT2D eigenvalue weighted by molar-refractivity contribution is -0.140. The van der Waals surface area contributed by atoms with Crippen LogP contribution in [0.25, 0.3) is 0 Å². The van der Waals surface area contributed by atoms with E-state index in [2.05, 4.69) is 15.4 Å². The SMILES string of the molecule is CN[C@H](C(=O)N[C@H](C(=O)N(C)[C@H](C=C(C)C(=O)NS(=O)(=O)Cc1ccccc1C#N)C(C)C)C(C)(C)C)C(C)(C)c1ccccc1. The van der Waals surface area contributed by atoms with E-state index < -0.39 is 50.6 Å². The lowest BCUT2D eigenvalue weighted by Gasteiger charge is -2.40. The summed E-state index contributed by atoms with van der Waals surface area (Å²) >= 11 is 0. The zero-order valence-corrected chi connectivity index (χ0v) is 29.5. The van der Waals surface area contributed by atoms with Gasteiger partial charge in [0, 0.05) is 18.0 Å². The second-order valence-electron chi connectivity index (χ2n) is 13.6. The fourth-order valence-electron chi connectivity index (χ4n) is 5.38. The molecule has 10 nitrogen and oxygen atoms in total. The molecule has 0 aliphatic rings. The molecule has 2 rings (SSSR count). The molecule has 0 heterocycles. The molecule has 3 atom stereocenters. The van der Waals surface area contributed by atoms with Crippen molar-refractivity contribution in [1.82, 2.24) is 20.3 Å². The van der Waals surface area contributed by atoms with Crippen molar-refractivity contribution in [3.63, 3.8) is 0 Å². The molecule has 0 unspecified atom stereocenters. The summed E-state index contributed by atoms with van der Waals surface area (Å²) in [6.07, 6.45) is 1.56. The van der Waals surface area contributed by atoms with Crippen molar-refractivity contribution in [3.8, 4) is 6.07 Å². The first-order chi connectivity index (χ1) is 21.3. The Morgan fingerprint density at radius 2 is 1.52 bits per heavy atom. The van der Waals surface area contributed by atoms with Gasteiger partial charge in [0.1, 0.15) is 6.04 Å². The van der Waals surface area contributed by atoms with Gasteiger partial charge in [-0.2, -0.15) is 5.26 Å². The molecule has 0 aromatic heterocycles. The number of carbonyl (C=O) groups is 3. The van der Waals surface area contributed by atoms with Crippen molar-refractivity contribution in [1.29, 1.82) is 5.26 Å². The lowest BCUT2D eigenvalue weighted by atomic mass is 9.76. The maximum atomic E-state index is 14.1. The van der Waals surface area contributed by atoms with Crippen molar-refractivity contribution in [3.05, 3.63) is 82.9 Å². The molecular weight excluding hydrogens is 602 g/mol. The molecule has 2 aromatic rings. The van der Waals surface area contributed by atoms with E-state index in [1.165, 1.54) is 24.0 Å². The van der Waals surface area contributed by atoms with E-state index in [4.69, 9.17) is 0 Å². The number of nitriles is 1. The Morgan fingerprint density at radius 1 is 0.957 bits per heavy atom. The summed E-state index contributed by atoms with van der Waals surface area (Å²) < 4.78 is 27.7. The highest BCUT2D eigenvalue weighted by Gasteiger charge is 2.41. The van der Waals surface area contributed by atoms with Gasteiger partial charge in [-0.15, -0.1) is 0 Å². The van der Waals surface area contributed by atoms with Crippen LogP contribution in [-0.2, 0) is 35.6 Å². The molecule has 0 saturated heterocycles. The minimum atomic E-state index is -4.12. The van der Waals surface area contributed by atoms with Crippen LogP contribution in [-0.4, -0.2) is 63.3 Å². The number of sulfonamides is 1. The van der Waals surface area contributed by atoms with Gasteiger partial charge in [0.15, 0.2) is 0 Å². The van der Waals surface area contributed by atoms with Gasteiger partial charge < -0.3 is 15.5 Å². The van der Waals surface area contributed by atoms with E-state index in [0.717, 1.165) is 5.56 Å². The fraction of sp³-hybridized carbons (Fsp3) is 0.486. The van der Waals surface area contributed by atoms with E-state index in [1.807, 2.05) is 84.9 Å². The summed E-state index contributed by atoms with van der Waals surface area (Å²) in [5.41, 5.74) is 0.295. The van der Waals surface area contributed by atoms with Gasteiger partial charge in [0.05, 0.1) is 29.5 Å². The Bertz CT molecular complexity index is 1570. The topological polar surface area (TPSA) is 148 Å². The molecule has 0 radical (unpaired) electrons. The van der Waals surface area contributed by atoms with Gasteiger partial charge in [0.2, 0.25) is 21.8 Å². The van der Waals surface area contributed by atoms with Crippen molar-refractivity contribution in [2.75, 3.05) is 14.1 Å². The molecule has 3 amide bonds. The summed E-state index contributed by atoms with van der Waals surface area (Å²) in [5.74, 6) is -2.20. The molecule has 0 aliphatic heterocycles. The Labute approximate surface area is 274 Å². The van der Waals surface area contributed by atoms with Crippen LogP contribution in [0.1, 0.15) is 72.1 Å². The Hall–Kier alpha value is -4.01. The highest BCUT2D eigenvalue weighted by atomic mass is 32.2. The van der Waals surface area contributed by atoms with E-state index >= 15 is 0 Å². The number of rotatable bonds is 13. The first-order valence-electron chi connectivity index (χ1n) is 15.3. The van der Waals surface area contributed by atoms with Crippen LogP contribution in [0.15, 0.2) is 66.2 Å². The maximum Gasteiger partial charge on any atom is 0.260 e. The zero-order chi connectivity index (χ0) is 35.0. The molecular formula is C35H49N5O5S. The molecule has 3 N–H and O–H groups in total. The van der Waals surface area contributed by atoms with Crippen LogP contribution < -0.4 is 15.4 Å². The van der Waals surface area contributed by atoms with Crippen LogP contribution in [0, 0.1) is 22.7 Å². The standard InChI is InChI=1S/C35H49N5O5S/c1-23(2)28(20-24(3)31(41)39-46(44,45)22-26-17-15-14-16-25(26)21-36)40(10)33(43)30(34(4,5)6)38-32(42)29(37-9)35(7,8)27-18-12-11-13-19-27/h11-20,23,28-30,37H,22H2,1-10H3,(H,38,42)(H,39,41)/t28-,29-,30-/m1/s1. The number of carbonyl (C=O) groups excluding carboxylic acids is 3. The van der Waals surface area contributed by atoms with Crippen LogP contribution in [0.2, 0.25) is 0 Å². The smallest absolute Gasteiger partial charge is 0.260 e. The van der Waals surface area contributed by atoms with E-state index in [0.29, 0.717) is 0 Å². The molecule has 0 spiro atoms. The summed E-state index contributed by atoms with van der Waals surface area (Å²) in [7, 11) is -0.796. The number of amides is 3. The Balaban J connectivity index is 2.31. The summed E-state index contributed by atoms with van der Waals surface area (Å²) in [6, 6.07) is 15.8. The number of nitrogens with zero attached hydrogens (tertiary/aromatic N) is 2. The van der Waals surface area contributed by atoms with Crippen LogP contribution in [0.5, 0.6) is 0 Å². The summed E-state index contributed by atoms with van der Waals surface area (Å²) in [5, 5.41) is 15.4. The molecule has 11 heteroatoms. The van der Waals surface area contributed by atoms with Crippen LogP contribution in [0.3, 0.4) is 0 Å². The van der Waals surface area contributed by atoms with E-state index in [1.54, 1.807) is 32.3 Å².